The molecular formula is C30H53NO5. The Bertz CT molecular complexity index is 651. The van der Waals surface area contributed by atoms with Crippen molar-refractivity contribution in [2.45, 2.75) is 154 Å². The third-order valence-electron chi connectivity index (χ3n) is 8.23. The molecule has 0 bridgehead atoms. The summed E-state index contributed by atoms with van der Waals surface area (Å²) in [5.41, 5.74) is 5.60. The number of hydrogen-bond donors (Lipinski definition) is 1. The lowest BCUT2D eigenvalue weighted by atomic mass is 9.79. The van der Waals surface area contributed by atoms with Gasteiger partial charge in [-0.25, -0.2) is 0 Å². The summed E-state index contributed by atoms with van der Waals surface area (Å²) in [6.07, 6.45) is 20.6. The van der Waals surface area contributed by atoms with E-state index >= 15 is 0 Å². The molecule has 0 unspecified atom stereocenters. The molecule has 0 aromatic rings. The number of amides is 1. The quantitative estimate of drug-likeness (QED) is 0.141. The van der Waals surface area contributed by atoms with Gasteiger partial charge < -0.3 is 15.2 Å². The fraction of sp³-hybridized carbons (Fsp3) is 0.900. The Morgan fingerprint density at radius 1 is 0.861 bits per heavy atom. The number of carbonyl (C=O) groups is 3. The van der Waals surface area contributed by atoms with E-state index in [-0.39, 0.29) is 30.1 Å². The van der Waals surface area contributed by atoms with E-state index in [9.17, 15) is 14.4 Å². The van der Waals surface area contributed by atoms with Crippen molar-refractivity contribution >= 4 is 17.8 Å². The van der Waals surface area contributed by atoms with Crippen LogP contribution in [-0.4, -0.2) is 30.1 Å². The number of cyclic esters (lactones) is 1. The first-order valence-corrected chi connectivity index (χ1v) is 15.2. The second-order valence-corrected chi connectivity index (χ2v) is 11.2. The Kier molecular flexibility index (Phi) is 15.1. The minimum absolute atomic E-state index is 0.0702. The number of rotatable bonds is 20. The molecule has 1 amide bonds. The molecule has 1 heterocycles. The zero-order valence-electron chi connectivity index (χ0n) is 23.1. The fourth-order valence-electron chi connectivity index (χ4n) is 5.88. The largest absolute Gasteiger partial charge is 0.462 e. The summed E-state index contributed by atoms with van der Waals surface area (Å²) >= 11 is 0. The summed E-state index contributed by atoms with van der Waals surface area (Å²) in [5, 5.41) is 0. The number of ether oxygens (including phenoxy) is 2. The average molecular weight is 508 g/mol. The number of primary amides is 1. The minimum atomic E-state index is -0.435. The van der Waals surface area contributed by atoms with E-state index in [1.165, 1.54) is 57.8 Å². The number of esters is 2. The predicted octanol–water partition coefficient (Wildman–Crippen LogP) is 7.01. The van der Waals surface area contributed by atoms with Gasteiger partial charge in [-0.3, -0.25) is 14.4 Å². The van der Waals surface area contributed by atoms with Crippen molar-refractivity contribution in [3.8, 4) is 0 Å². The van der Waals surface area contributed by atoms with Gasteiger partial charge in [0.1, 0.15) is 12.2 Å². The standard InChI is InChI=1S/C30H53NO5/c1-3-5-7-9-10-11-12-13-14-18-23(22-27-26(30(34)36-27)21-15-8-6-4-2)35-29(33)25-20-17-16-19-24(25)28(31)32/h23-27H,3-22H2,1-2H3,(H2,31,32)/t23-,24-,25+,26-,27-/m0/s1. The second kappa shape index (κ2) is 17.8. The Morgan fingerprint density at radius 3 is 2.00 bits per heavy atom. The molecule has 208 valence electrons. The van der Waals surface area contributed by atoms with Crippen LogP contribution in [0.5, 0.6) is 0 Å². The number of nitrogens with two attached hydrogens (primary N) is 1. The first-order valence-electron chi connectivity index (χ1n) is 15.2. The van der Waals surface area contributed by atoms with Crippen molar-refractivity contribution in [1.29, 1.82) is 0 Å². The fourth-order valence-corrected chi connectivity index (χ4v) is 5.88. The van der Waals surface area contributed by atoms with E-state index in [0.717, 1.165) is 51.4 Å². The van der Waals surface area contributed by atoms with Gasteiger partial charge in [0.15, 0.2) is 0 Å². The lowest BCUT2D eigenvalue weighted by Gasteiger charge is -2.37. The molecule has 1 saturated carbocycles. The number of unbranched alkanes of at least 4 members (excludes halogenated alkanes) is 11. The van der Waals surface area contributed by atoms with Crippen molar-refractivity contribution in [2.75, 3.05) is 0 Å². The zero-order valence-corrected chi connectivity index (χ0v) is 23.1. The van der Waals surface area contributed by atoms with E-state index in [1.807, 2.05) is 0 Å². The van der Waals surface area contributed by atoms with Gasteiger partial charge in [-0.15, -0.1) is 0 Å². The molecule has 2 N–H and O–H groups in total. The molecule has 2 aliphatic rings. The summed E-state index contributed by atoms with van der Waals surface area (Å²) in [7, 11) is 0. The molecule has 0 aromatic heterocycles. The van der Waals surface area contributed by atoms with E-state index in [2.05, 4.69) is 13.8 Å². The van der Waals surface area contributed by atoms with Crippen LogP contribution in [0.1, 0.15) is 142 Å². The highest BCUT2D eigenvalue weighted by Crippen LogP contribution is 2.35. The molecule has 0 spiro atoms. The molecule has 36 heavy (non-hydrogen) atoms. The van der Waals surface area contributed by atoms with Crippen LogP contribution in [0.3, 0.4) is 0 Å². The maximum absolute atomic E-state index is 13.1. The number of carbonyl (C=O) groups excluding carboxylic acids is 3. The van der Waals surface area contributed by atoms with Gasteiger partial charge in [0.2, 0.25) is 5.91 Å². The van der Waals surface area contributed by atoms with E-state index < -0.39 is 17.7 Å². The average Bonchev–Trinajstić information content (AvgIpc) is 2.87. The van der Waals surface area contributed by atoms with Gasteiger partial charge in [0.25, 0.3) is 0 Å². The van der Waals surface area contributed by atoms with Crippen LogP contribution in [0, 0.1) is 17.8 Å². The van der Waals surface area contributed by atoms with Crippen LogP contribution in [0.2, 0.25) is 0 Å². The third kappa shape index (κ3) is 10.8. The molecule has 2 fully saturated rings. The summed E-state index contributed by atoms with van der Waals surface area (Å²) in [4.78, 5) is 37.2. The molecule has 2 rings (SSSR count). The Morgan fingerprint density at radius 2 is 1.42 bits per heavy atom. The summed E-state index contributed by atoms with van der Waals surface area (Å²) in [6, 6.07) is 0. The van der Waals surface area contributed by atoms with Crippen LogP contribution in [0.4, 0.5) is 0 Å². The summed E-state index contributed by atoms with van der Waals surface area (Å²) in [5.74, 6) is -1.72. The Hall–Kier alpha value is -1.59. The van der Waals surface area contributed by atoms with Crippen LogP contribution in [0.15, 0.2) is 0 Å². The highest BCUT2D eigenvalue weighted by atomic mass is 16.6. The maximum Gasteiger partial charge on any atom is 0.313 e. The first-order chi connectivity index (χ1) is 17.5. The minimum Gasteiger partial charge on any atom is -0.462 e. The number of hydrogen-bond acceptors (Lipinski definition) is 5. The van der Waals surface area contributed by atoms with E-state index in [4.69, 9.17) is 15.2 Å². The molecule has 6 heteroatoms. The first kappa shape index (κ1) is 30.6. The Balaban J connectivity index is 1.86. The van der Waals surface area contributed by atoms with Crippen LogP contribution in [0.25, 0.3) is 0 Å². The van der Waals surface area contributed by atoms with Gasteiger partial charge in [0.05, 0.1) is 17.8 Å². The van der Waals surface area contributed by atoms with Crippen LogP contribution in [-0.2, 0) is 23.9 Å². The maximum atomic E-state index is 13.1. The predicted molar refractivity (Wildman–Crippen MR) is 143 cm³/mol. The van der Waals surface area contributed by atoms with Gasteiger partial charge in [-0.1, -0.05) is 104 Å². The lowest BCUT2D eigenvalue weighted by Crippen LogP contribution is -2.47. The Labute approximate surface area is 219 Å². The second-order valence-electron chi connectivity index (χ2n) is 11.2. The molecule has 0 radical (unpaired) electrons. The van der Waals surface area contributed by atoms with Crippen molar-refractivity contribution in [1.82, 2.24) is 0 Å². The van der Waals surface area contributed by atoms with Crippen molar-refractivity contribution in [3.63, 3.8) is 0 Å². The summed E-state index contributed by atoms with van der Waals surface area (Å²) in [6.45, 7) is 4.42. The third-order valence-corrected chi connectivity index (χ3v) is 8.23. The van der Waals surface area contributed by atoms with Gasteiger partial charge in [0, 0.05) is 6.42 Å². The van der Waals surface area contributed by atoms with E-state index in [0.29, 0.717) is 19.3 Å². The molecule has 6 nitrogen and oxygen atoms in total. The lowest BCUT2D eigenvalue weighted by molar-refractivity contribution is -0.191. The highest BCUT2D eigenvalue weighted by molar-refractivity contribution is 5.84. The van der Waals surface area contributed by atoms with Gasteiger partial charge in [-0.2, -0.15) is 0 Å². The molecule has 1 aliphatic carbocycles. The topological polar surface area (TPSA) is 95.7 Å². The molecule has 1 aliphatic heterocycles. The van der Waals surface area contributed by atoms with Crippen LogP contribution < -0.4 is 5.73 Å². The van der Waals surface area contributed by atoms with Gasteiger partial charge in [-0.05, 0) is 32.1 Å². The van der Waals surface area contributed by atoms with Crippen molar-refractivity contribution in [3.05, 3.63) is 0 Å². The molecule has 1 saturated heterocycles. The van der Waals surface area contributed by atoms with Gasteiger partial charge >= 0.3 is 11.9 Å². The van der Waals surface area contributed by atoms with Crippen molar-refractivity contribution < 1.29 is 23.9 Å². The summed E-state index contributed by atoms with van der Waals surface area (Å²) < 4.78 is 11.6. The van der Waals surface area contributed by atoms with E-state index in [1.54, 1.807) is 0 Å². The zero-order chi connectivity index (χ0) is 26.2. The highest BCUT2D eigenvalue weighted by Gasteiger charge is 2.44. The molecular weight excluding hydrogens is 454 g/mol. The molecule has 5 atom stereocenters. The normalized spacial score (nSPS) is 24.6. The monoisotopic (exact) mass is 507 g/mol. The van der Waals surface area contributed by atoms with Crippen LogP contribution >= 0.6 is 0 Å². The SMILES string of the molecule is CCCCCCCCCCC[C@@H](C[C@@H]1OC(=O)[C@H]1CCCCCC)OC(=O)[C@@H]1CCCC[C@@H]1C(N)=O. The van der Waals surface area contributed by atoms with Crippen molar-refractivity contribution in [2.24, 2.45) is 23.5 Å². The smallest absolute Gasteiger partial charge is 0.313 e. The molecule has 0 aromatic carbocycles.